The summed E-state index contributed by atoms with van der Waals surface area (Å²) < 4.78 is 4.95. The van der Waals surface area contributed by atoms with Crippen LogP contribution in [0.25, 0.3) is 0 Å². The molecule has 0 unspecified atom stereocenters. The molecule has 2 aliphatic heterocycles. The number of amides is 2. The third kappa shape index (κ3) is 4.34. The fraction of sp³-hybridized carbons (Fsp3) is 0.706. The zero-order chi connectivity index (χ0) is 18.5. The first-order valence-electron chi connectivity index (χ1n) is 9.15. The van der Waals surface area contributed by atoms with Crippen LogP contribution in [0.5, 0.6) is 0 Å². The van der Waals surface area contributed by atoms with Gasteiger partial charge in [-0.05, 0) is 13.5 Å². The molecule has 9 heteroatoms. The highest BCUT2D eigenvalue weighted by atomic mass is 16.5. The van der Waals surface area contributed by atoms with Gasteiger partial charge in [-0.3, -0.25) is 9.78 Å². The van der Waals surface area contributed by atoms with E-state index < -0.39 is 0 Å². The van der Waals surface area contributed by atoms with Gasteiger partial charge in [-0.1, -0.05) is 0 Å². The average Bonchev–Trinajstić information content (AvgIpc) is 2.85. The van der Waals surface area contributed by atoms with Crippen molar-refractivity contribution >= 4 is 12.0 Å². The van der Waals surface area contributed by atoms with Crippen molar-refractivity contribution in [2.75, 3.05) is 71.5 Å². The molecule has 3 heterocycles. The highest BCUT2D eigenvalue weighted by Crippen LogP contribution is 2.15. The summed E-state index contributed by atoms with van der Waals surface area (Å²) in [6.45, 7) is 5.65. The van der Waals surface area contributed by atoms with Crippen molar-refractivity contribution in [3.63, 3.8) is 0 Å². The molecular weight excluding hydrogens is 336 g/mol. The molecule has 0 saturated carbocycles. The van der Waals surface area contributed by atoms with E-state index in [0.29, 0.717) is 50.6 Å². The lowest BCUT2D eigenvalue weighted by Gasteiger charge is -2.32. The summed E-state index contributed by atoms with van der Waals surface area (Å²) in [5, 5.41) is 2.83. The summed E-state index contributed by atoms with van der Waals surface area (Å²) in [6, 6.07) is -0.120. The molecule has 1 fully saturated rings. The summed E-state index contributed by atoms with van der Waals surface area (Å²) >= 11 is 0. The molecule has 0 aliphatic carbocycles. The lowest BCUT2D eigenvalue weighted by molar-refractivity contribution is 0.180. The van der Waals surface area contributed by atoms with Gasteiger partial charge in [0.15, 0.2) is 0 Å². The first-order valence-corrected chi connectivity index (χ1v) is 9.15. The number of ether oxygens (including phenoxy) is 1. The number of anilines is 1. The Morgan fingerprint density at radius 3 is 2.65 bits per heavy atom. The number of piperazine rings is 1. The van der Waals surface area contributed by atoms with Gasteiger partial charge in [0, 0.05) is 64.9 Å². The number of hydrogen-bond acceptors (Lipinski definition) is 6. The van der Waals surface area contributed by atoms with Crippen molar-refractivity contribution < 1.29 is 9.53 Å². The van der Waals surface area contributed by atoms with E-state index in [1.165, 1.54) is 0 Å². The van der Waals surface area contributed by atoms with Crippen LogP contribution in [0.2, 0.25) is 0 Å². The molecule has 2 aliphatic rings. The van der Waals surface area contributed by atoms with Crippen molar-refractivity contribution in [3.05, 3.63) is 21.6 Å². The number of carbonyl (C=O) groups excluding carboxylic acids is 1. The van der Waals surface area contributed by atoms with E-state index in [4.69, 9.17) is 9.72 Å². The van der Waals surface area contributed by atoms with E-state index in [2.05, 4.69) is 27.1 Å². The molecule has 0 radical (unpaired) electrons. The van der Waals surface area contributed by atoms with Crippen LogP contribution in [-0.2, 0) is 17.6 Å². The molecule has 0 bridgehead atoms. The van der Waals surface area contributed by atoms with Crippen molar-refractivity contribution in [2.45, 2.75) is 12.8 Å². The van der Waals surface area contributed by atoms with Gasteiger partial charge in [-0.2, -0.15) is 0 Å². The number of methoxy groups -OCH3 is 1. The molecule has 1 aromatic heterocycles. The molecule has 2 amide bonds. The zero-order valence-electron chi connectivity index (χ0n) is 15.6. The predicted molar refractivity (Wildman–Crippen MR) is 98.8 cm³/mol. The molecule has 3 rings (SSSR count). The van der Waals surface area contributed by atoms with Crippen molar-refractivity contribution in [1.29, 1.82) is 0 Å². The molecule has 144 valence electrons. The zero-order valence-corrected chi connectivity index (χ0v) is 15.6. The van der Waals surface area contributed by atoms with Crippen LogP contribution in [-0.4, -0.2) is 92.4 Å². The minimum Gasteiger partial charge on any atom is -0.383 e. The predicted octanol–water partition coefficient (Wildman–Crippen LogP) is -0.722. The Bertz CT molecular complexity index is 684. The Morgan fingerprint density at radius 2 is 1.92 bits per heavy atom. The largest absolute Gasteiger partial charge is 0.383 e. The van der Waals surface area contributed by atoms with Gasteiger partial charge in [0.2, 0.25) is 5.95 Å². The fourth-order valence-corrected chi connectivity index (χ4v) is 3.34. The Morgan fingerprint density at radius 1 is 1.19 bits per heavy atom. The number of nitrogens with one attached hydrogen (secondary N) is 2. The van der Waals surface area contributed by atoms with E-state index in [0.717, 1.165) is 31.9 Å². The van der Waals surface area contributed by atoms with Gasteiger partial charge in [-0.15, -0.1) is 0 Å². The molecule has 0 spiro atoms. The second-order valence-corrected chi connectivity index (χ2v) is 6.82. The molecule has 1 saturated heterocycles. The first-order chi connectivity index (χ1) is 12.6. The number of urea groups is 1. The van der Waals surface area contributed by atoms with Crippen molar-refractivity contribution in [3.8, 4) is 0 Å². The normalized spacial score (nSPS) is 18.4. The lowest BCUT2D eigenvalue weighted by atomic mass is 10.1. The van der Waals surface area contributed by atoms with Crippen molar-refractivity contribution in [1.82, 2.24) is 25.1 Å². The third-order valence-electron chi connectivity index (χ3n) is 5.01. The smallest absolute Gasteiger partial charge is 0.317 e. The minimum absolute atomic E-state index is 0.0782. The fourth-order valence-electron chi connectivity index (χ4n) is 3.34. The Balaban J connectivity index is 1.68. The number of aromatic nitrogens is 2. The van der Waals surface area contributed by atoms with Crippen LogP contribution in [0.1, 0.15) is 11.3 Å². The van der Waals surface area contributed by atoms with Gasteiger partial charge >= 0.3 is 6.03 Å². The molecule has 1 aromatic rings. The molecular formula is C17H28N6O3. The van der Waals surface area contributed by atoms with E-state index in [1.807, 2.05) is 0 Å². The second-order valence-electron chi connectivity index (χ2n) is 6.82. The number of hydrogen-bond donors (Lipinski definition) is 2. The van der Waals surface area contributed by atoms with Gasteiger partial charge in [0.1, 0.15) is 0 Å². The average molecular weight is 364 g/mol. The highest BCUT2D eigenvalue weighted by molar-refractivity contribution is 5.74. The molecule has 9 nitrogen and oxygen atoms in total. The van der Waals surface area contributed by atoms with Gasteiger partial charge in [0.05, 0.1) is 12.3 Å². The van der Waals surface area contributed by atoms with Gasteiger partial charge in [-0.25, -0.2) is 9.78 Å². The number of rotatable bonds is 4. The molecule has 0 atom stereocenters. The number of likely N-dealkylation sites (N-methyl/N-ethyl adjacent to an activating group) is 1. The van der Waals surface area contributed by atoms with E-state index in [-0.39, 0.29) is 11.6 Å². The van der Waals surface area contributed by atoms with Crippen LogP contribution in [0.15, 0.2) is 4.79 Å². The minimum atomic E-state index is -0.120. The van der Waals surface area contributed by atoms with Gasteiger partial charge < -0.3 is 24.8 Å². The van der Waals surface area contributed by atoms with E-state index >= 15 is 0 Å². The maximum atomic E-state index is 12.6. The second kappa shape index (κ2) is 8.50. The van der Waals surface area contributed by atoms with Crippen molar-refractivity contribution in [2.24, 2.45) is 0 Å². The third-order valence-corrected chi connectivity index (χ3v) is 5.01. The SMILES string of the molecule is COCCNC(=O)N1CCc2nc(N3CCN(C)CC3)[nH]c(=O)c2CC1. The molecule has 2 N–H and O–H groups in total. The number of carbonyl (C=O) groups is 1. The quantitative estimate of drug-likeness (QED) is 0.685. The highest BCUT2D eigenvalue weighted by Gasteiger charge is 2.23. The maximum Gasteiger partial charge on any atom is 0.317 e. The molecule has 26 heavy (non-hydrogen) atoms. The van der Waals surface area contributed by atoms with Crippen LogP contribution in [0, 0.1) is 0 Å². The van der Waals surface area contributed by atoms with E-state index in [1.54, 1.807) is 12.0 Å². The summed E-state index contributed by atoms with van der Waals surface area (Å²) in [6.07, 6.45) is 1.12. The Kier molecular flexibility index (Phi) is 6.10. The van der Waals surface area contributed by atoms with Crippen LogP contribution in [0.3, 0.4) is 0 Å². The van der Waals surface area contributed by atoms with E-state index in [9.17, 15) is 9.59 Å². The number of fused-ring (bicyclic) bond motifs is 1. The first kappa shape index (κ1) is 18.7. The van der Waals surface area contributed by atoms with Crippen LogP contribution < -0.4 is 15.8 Å². The number of aromatic amines is 1. The maximum absolute atomic E-state index is 12.6. The topological polar surface area (TPSA) is 93.8 Å². The monoisotopic (exact) mass is 364 g/mol. The van der Waals surface area contributed by atoms with Gasteiger partial charge in [0.25, 0.3) is 5.56 Å². The van der Waals surface area contributed by atoms with Crippen LogP contribution in [0.4, 0.5) is 10.7 Å². The molecule has 0 aromatic carbocycles. The summed E-state index contributed by atoms with van der Waals surface area (Å²) in [5.74, 6) is 0.653. The number of H-pyrrole nitrogens is 1. The summed E-state index contributed by atoms with van der Waals surface area (Å²) in [4.78, 5) is 38.6. The summed E-state index contributed by atoms with van der Waals surface area (Å²) in [7, 11) is 3.70. The van der Waals surface area contributed by atoms with Crippen LogP contribution >= 0.6 is 0 Å². The number of nitrogens with zero attached hydrogens (tertiary/aromatic N) is 4. The lowest BCUT2D eigenvalue weighted by Crippen LogP contribution is -2.45. The standard InChI is InChI=1S/C17H28N6O3/c1-21-8-10-22(11-9-21)16-19-14-4-7-23(17(25)18-5-12-26-2)6-3-13(14)15(24)20-16/h3-12H2,1-2H3,(H,18,25)(H,19,20,24). The Labute approximate surface area is 153 Å². The Hall–Kier alpha value is -2.13. The summed E-state index contributed by atoms with van der Waals surface area (Å²) in [5.41, 5.74) is 1.44.